The minimum absolute atomic E-state index is 0.0659. The molecule has 11 nitrogen and oxygen atoms in total. The average Bonchev–Trinajstić information content (AvgIpc) is 3.46. The maximum atomic E-state index is 13.0. The molecule has 3 heterocycles. The maximum Gasteiger partial charge on any atom is 0.276 e. The molecule has 13 heteroatoms. The number of fused-ring (bicyclic) bond motifs is 1. The highest BCUT2D eigenvalue weighted by Gasteiger charge is 2.46. The van der Waals surface area contributed by atoms with Crippen LogP contribution in [0.15, 0.2) is 22.8 Å². The number of aryl methyl sites for hydroxylation is 1. The molecule has 4 N–H and O–H groups in total. The lowest BCUT2D eigenvalue weighted by molar-refractivity contribution is -0.136. The number of H-pyrrole nitrogens is 1. The number of carbonyl (C=O) groups excluding carboxylic acids is 2. The Bertz CT molecular complexity index is 1330. The maximum absolute atomic E-state index is 13.0. The smallest absolute Gasteiger partial charge is 0.276 e. The van der Waals surface area contributed by atoms with E-state index in [1.807, 2.05) is 6.92 Å². The molecule has 0 spiro atoms. The van der Waals surface area contributed by atoms with Crippen molar-refractivity contribution in [1.29, 1.82) is 0 Å². The molecule has 0 unspecified atom stereocenters. The topological polar surface area (TPSA) is 155 Å². The second kappa shape index (κ2) is 10.0. The van der Waals surface area contributed by atoms with Crippen LogP contribution >= 0.6 is 0 Å². The van der Waals surface area contributed by atoms with E-state index < -0.39 is 35.6 Å². The van der Waals surface area contributed by atoms with Gasteiger partial charge >= 0.3 is 0 Å². The Kier molecular flexibility index (Phi) is 6.90. The summed E-state index contributed by atoms with van der Waals surface area (Å²) in [6.45, 7) is 4.08. The summed E-state index contributed by atoms with van der Waals surface area (Å²) < 4.78 is 36.9. The number of aliphatic hydroxyl groups excluding tert-OH is 1. The molecule has 38 heavy (non-hydrogen) atoms. The molecule has 0 radical (unpaired) electrons. The molecule has 0 bridgehead atoms. The van der Waals surface area contributed by atoms with E-state index in [0.29, 0.717) is 41.1 Å². The fourth-order valence-electron chi connectivity index (χ4n) is 5.17. The Balaban J connectivity index is 1.35. The van der Waals surface area contributed by atoms with Gasteiger partial charge in [0.25, 0.3) is 5.91 Å². The zero-order chi connectivity index (χ0) is 27.1. The zero-order valence-electron chi connectivity index (χ0n) is 21.1. The largest absolute Gasteiger partial charge is 0.373 e. The van der Waals surface area contributed by atoms with Gasteiger partial charge in [-0.25, -0.2) is 18.4 Å². The Morgan fingerprint density at radius 1 is 1.24 bits per heavy atom. The Labute approximate surface area is 216 Å². The van der Waals surface area contributed by atoms with Gasteiger partial charge in [-0.2, -0.15) is 0 Å². The molecule has 2 aromatic heterocycles. The first-order chi connectivity index (χ1) is 18.0. The molecule has 1 aliphatic heterocycles. The Morgan fingerprint density at radius 2 is 2.03 bits per heavy atom. The summed E-state index contributed by atoms with van der Waals surface area (Å²) in [5.74, 6) is -3.61. The molecule has 1 aliphatic carbocycles. The fraction of sp³-hybridized carbons (Fsp3) is 0.560. The SMILES string of the molecule is Cc1nonc1C(=O)N[C@H](c1nc2ccc([C@@H](O)NC(=O)CC3CC(F)(F)C3)cc2[nH]1)[C@]1(C)CCCCO1. The van der Waals surface area contributed by atoms with E-state index in [0.717, 1.165) is 12.8 Å². The molecule has 1 aromatic carbocycles. The van der Waals surface area contributed by atoms with Crippen LogP contribution in [0.4, 0.5) is 8.78 Å². The summed E-state index contributed by atoms with van der Waals surface area (Å²) in [5.41, 5.74) is 1.22. The second-order valence-corrected chi connectivity index (χ2v) is 10.4. The number of aliphatic hydroxyl groups is 1. The lowest BCUT2D eigenvalue weighted by Crippen LogP contribution is -2.48. The highest BCUT2D eigenvalue weighted by molar-refractivity contribution is 5.93. The van der Waals surface area contributed by atoms with Crippen molar-refractivity contribution >= 4 is 22.8 Å². The number of aromatic amines is 1. The normalized spacial score (nSPS) is 23.0. The number of amides is 2. The van der Waals surface area contributed by atoms with E-state index in [9.17, 15) is 23.5 Å². The van der Waals surface area contributed by atoms with Crippen molar-refractivity contribution < 1.29 is 32.8 Å². The van der Waals surface area contributed by atoms with Crippen molar-refractivity contribution in [2.75, 3.05) is 6.61 Å². The van der Waals surface area contributed by atoms with Crippen molar-refractivity contribution in [3.63, 3.8) is 0 Å². The molecule has 3 atom stereocenters. The van der Waals surface area contributed by atoms with Crippen LogP contribution in [0.25, 0.3) is 11.0 Å². The lowest BCUT2D eigenvalue weighted by atomic mass is 9.79. The van der Waals surface area contributed by atoms with Crippen LogP contribution < -0.4 is 10.6 Å². The number of ether oxygens (including phenoxy) is 1. The van der Waals surface area contributed by atoms with Crippen molar-refractivity contribution in [2.45, 2.75) is 76.2 Å². The van der Waals surface area contributed by atoms with Gasteiger partial charge in [0.15, 0.2) is 11.9 Å². The van der Waals surface area contributed by atoms with Crippen LogP contribution in [0.1, 0.15) is 85.3 Å². The number of hydrogen-bond acceptors (Lipinski definition) is 8. The van der Waals surface area contributed by atoms with E-state index in [2.05, 4.69) is 35.5 Å². The van der Waals surface area contributed by atoms with Gasteiger partial charge in [0.1, 0.15) is 17.6 Å². The predicted molar refractivity (Wildman–Crippen MR) is 129 cm³/mol. The van der Waals surface area contributed by atoms with Crippen molar-refractivity contribution in [2.24, 2.45) is 5.92 Å². The molecular weight excluding hydrogens is 502 g/mol. The first kappa shape index (κ1) is 26.2. The van der Waals surface area contributed by atoms with Gasteiger partial charge in [-0.05, 0) is 56.3 Å². The number of nitrogens with one attached hydrogen (secondary N) is 3. The predicted octanol–water partition coefficient (Wildman–Crippen LogP) is 3.23. The van der Waals surface area contributed by atoms with Crippen molar-refractivity contribution in [3.8, 4) is 0 Å². The summed E-state index contributed by atoms with van der Waals surface area (Å²) in [4.78, 5) is 33.1. The first-order valence-corrected chi connectivity index (χ1v) is 12.6. The third-order valence-electron chi connectivity index (χ3n) is 7.31. The van der Waals surface area contributed by atoms with Crippen molar-refractivity contribution in [1.82, 2.24) is 30.9 Å². The van der Waals surface area contributed by atoms with E-state index in [4.69, 9.17) is 4.74 Å². The summed E-state index contributed by atoms with van der Waals surface area (Å²) >= 11 is 0. The number of alkyl halides is 2. The highest BCUT2D eigenvalue weighted by atomic mass is 19.3. The number of hydrogen-bond donors (Lipinski definition) is 4. The van der Waals surface area contributed by atoms with Gasteiger partial charge in [-0.3, -0.25) is 9.59 Å². The summed E-state index contributed by atoms with van der Waals surface area (Å²) in [6, 6.07) is 4.28. The molecule has 1 saturated carbocycles. The van der Waals surface area contributed by atoms with E-state index in [1.54, 1.807) is 25.1 Å². The van der Waals surface area contributed by atoms with Crippen LogP contribution in [-0.2, 0) is 9.53 Å². The third kappa shape index (κ3) is 5.39. The number of aromatic nitrogens is 4. The van der Waals surface area contributed by atoms with Gasteiger partial charge in [0.2, 0.25) is 11.8 Å². The molecule has 5 rings (SSSR count). The molecule has 1 saturated heterocycles. The molecule has 2 amide bonds. The first-order valence-electron chi connectivity index (χ1n) is 12.6. The molecule has 204 valence electrons. The van der Waals surface area contributed by atoms with E-state index >= 15 is 0 Å². The van der Waals surface area contributed by atoms with Crippen LogP contribution in [0.5, 0.6) is 0 Å². The summed E-state index contributed by atoms with van der Waals surface area (Å²) in [5, 5.41) is 23.3. The zero-order valence-corrected chi connectivity index (χ0v) is 21.1. The van der Waals surface area contributed by atoms with Gasteiger partial charge in [-0.15, -0.1) is 0 Å². The number of nitrogens with zero attached hydrogens (tertiary/aromatic N) is 3. The minimum atomic E-state index is -2.70. The van der Waals surface area contributed by atoms with Gasteiger partial charge in [0.05, 0.1) is 16.6 Å². The molecule has 2 aliphatic rings. The van der Waals surface area contributed by atoms with Crippen LogP contribution in [0, 0.1) is 12.8 Å². The molecule has 2 fully saturated rings. The summed E-state index contributed by atoms with van der Waals surface area (Å²) in [6.07, 6.45) is 0.508. The van der Waals surface area contributed by atoms with Crippen molar-refractivity contribution in [3.05, 3.63) is 41.0 Å². The standard InChI is InChI=1S/C25H30F2N6O5/c1-13-19(33-38-32-13)23(36)31-20(24(2)7-3-4-8-37-24)21-28-16-6-5-15(10-17(16)29-21)22(35)30-18(34)9-14-11-25(26,27)12-14/h5-6,10,14,20,22,35H,3-4,7-9,11-12H2,1-2H3,(H,28,29)(H,30,34)(H,31,36)/t20-,22-,24+/m1/s1. The Hall–Kier alpha value is -3.45. The fourth-order valence-corrected chi connectivity index (χ4v) is 5.17. The number of halogens is 2. The van der Waals surface area contributed by atoms with Gasteiger partial charge in [-0.1, -0.05) is 11.2 Å². The number of rotatable bonds is 8. The number of carbonyl (C=O) groups is 2. The molecule has 3 aromatic rings. The van der Waals surface area contributed by atoms with E-state index in [1.165, 1.54) is 0 Å². The number of imidazole rings is 1. The van der Waals surface area contributed by atoms with Crippen LogP contribution in [0.2, 0.25) is 0 Å². The number of benzene rings is 1. The van der Waals surface area contributed by atoms with Crippen LogP contribution in [0.3, 0.4) is 0 Å². The molecular formula is C25H30F2N6O5. The highest BCUT2D eigenvalue weighted by Crippen LogP contribution is 2.44. The monoisotopic (exact) mass is 532 g/mol. The minimum Gasteiger partial charge on any atom is -0.373 e. The lowest BCUT2D eigenvalue weighted by Gasteiger charge is -2.39. The van der Waals surface area contributed by atoms with E-state index in [-0.39, 0.29) is 30.9 Å². The Morgan fingerprint density at radius 3 is 2.68 bits per heavy atom. The van der Waals surface area contributed by atoms with Gasteiger partial charge < -0.3 is 25.5 Å². The third-order valence-corrected chi connectivity index (χ3v) is 7.31. The summed E-state index contributed by atoms with van der Waals surface area (Å²) in [7, 11) is 0. The van der Waals surface area contributed by atoms with Crippen LogP contribution in [-0.4, -0.2) is 55.3 Å². The van der Waals surface area contributed by atoms with Gasteiger partial charge in [0, 0.05) is 31.4 Å². The average molecular weight is 533 g/mol. The second-order valence-electron chi connectivity index (χ2n) is 10.4. The quantitative estimate of drug-likeness (QED) is 0.322.